The molecular formula is C16H17Cl3N2. The van der Waals surface area contributed by atoms with Gasteiger partial charge < -0.3 is 10.2 Å². The van der Waals surface area contributed by atoms with E-state index in [9.17, 15) is 0 Å². The van der Waals surface area contributed by atoms with Crippen LogP contribution in [0.4, 0.5) is 11.4 Å². The quantitative estimate of drug-likeness (QED) is 0.745. The van der Waals surface area contributed by atoms with Crippen molar-refractivity contribution in [3.63, 3.8) is 0 Å². The van der Waals surface area contributed by atoms with Gasteiger partial charge in [0, 0.05) is 24.1 Å². The molecule has 5 heteroatoms. The standard InChI is InChI=1S/C16H17Cl3N2/c1-10(12-9-11(17)7-8-13(12)18)20-15-6-4-5-14(19)16(15)21(2)3/h4-10,20H,1-3H3. The van der Waals surface area contributed by atoms with Crippen LogP contribution in [0.25, 0.3) is 0 Å². The maximum absolute atomic E-state index is 6.28. The molecule has 1 unspecified atom stereocenters. The van der Waals surface area contributed by atoms with Crippen LogP contribution < -0.4 is 10.2 Å². The first-order chi connectivity index (χ1) is 9.90. The molecule has 2 aromatic carbocycles. The molecule has 0 saturated carbocycles. The summed E-state index contributed by atoms with van der Waals surface area (Å²) in [5.74, 6) is 0. The Morgan fingerprint density at radius 1 is 1.00 bits per heavy atom. The van der Waals surface area contributed by atoms with Gasteiger partial charge in [0.2, 0.25) is 0 Å². The first kappa shape index (κ1) is 16.3. The van der Waals surface area contributed by atoms with E-state index in [1.54, 1.807) is 6.07 Å². The molecule has 0 fully saturated rings. The van der Waals surface area contributed by atoms with Gasteiger partial charge in [-0.05, 0) is 42.8 Å². The van der Waals surface area contributed by atoms with Crippen molar-refractivity contribution in [1.29, 1.82) is 0 Å². The molecule has 0 spiro atoms. The lowest BCUT2D eigenvalue weighted by molar-refractivity contribution is 0.883. The van der Waals surface area contributed by atoms with Crippen LogP contribution in [0.15, 0.2) is 36.4 Å². The van der Waals surface area contributed by atoms with Gasteiger partial charge in [-0.25, -0.2) is 0 Å². The summed E-state index contributed by atoms with van der Waals surface area (Å²) in [5.41, 5.74) is 2.86. The zero-order valence-electron chi connectivity index (χ0n) is 12.1. The van der Waals surface area contributed by atoms with Gasteiger partial charge in [-0.15, -0.1) is 0 Å². The van der Waals surface area contributed by atoms with Gasteiger partial charge in [-0.3, -0.25) is 0 Å². The Bertz CT molecular complexity index is 641. The lowest BCUT2D eigenvalue weighted by Gasteiger charge is -2.23. The fourth-order valence-corrected chi connectivity index (χ4v) is 3.05. The zero-order valence-corrected chi connectivity index (χ0v) is 14.4. The molecular weight excluding hydrogens is 327 g/mol. The van der Waals surface area contributed by atoms with Crippen LogP contribution in [0.3, 0.4) is 0 Å². The number of rotatable bonds is 4. The maximum Gasteiger partial charge on any atom is 0.0786 e. The Labute approximate surface area is 140 Å². The number of hydrogen-bond donors (Lipinski definition) is 1. The number of nitrogens with one attached hydrogen (secondary N) is 1. The van der Waals surface area contributed by atoms with Gasteiger partial charge in [-0.2, -0.15) is 0 Å². The molecule has 0 heterocycles. The highest BCUT2D eigenvalue weighted by Crippen LogP contribution is 2.36. The van der Waals surface area contributed by atoms with E-state index in [0.717, 1.165) is 16.9 Å². The number of benzene rings is 2. The molecule has 0 aliphatic heterocycles. The first-order valence-corrected chi connectivity index (χ1v) is 7.71. The number of anilines is 2. The molecule has 0 aliphatic rings. The highest BCUT2D eigenvalue weighted by atomic mass is 35.5. The van der Waals surface area contributed by atoms with Crippen molar-refractivity contribution in [2.24, 2.45) is 0 Å². The predicted molar refractivity (Wildman–Crippen MR) is 94.3 cm³/mol. The highest BCUT2D eigenvalue weighted by molar-refractivity contribution is 6.34. The van der Waals surface area contributed by atoms with Crippen molar-refractivity contribution in [3.05, 3.63) is 57.0 Å². The zero-order chi connectivity index (χ0) is 15.6. The Morgan fingerprint density at radius 2 is 1.71 bits per heavy atom. The number of hydrogen-bond acceptors (Lipinski definition) is 2. The summed E-state index contributed by atoms with van der Waals surface area (Å²) in [6.07, 6.45) is 0. The number of nitrogens with zero attached hydrogens (tertiary/aromatic N) is 1. The van der Waals surface area contributed by atoms with Crippen molar-refractivity contribution in [2.45, 2.75) is 13.0 Å². The minimum atomic E-state index is 0.00775. The third-order valence-electron chi connectivity index (χ3n) is 3.23. The van der Waals surface area contributed by atoms with Crippen molar-refractivity contribution < 1.29 is 0 Å². The summed E-state index contributed by atoms with van der Waals surface area (Å²) in [7, 11) is 3.92. The first-order valence-electron chi connectivity index (χ1n) is 6.57. The van der Waals surface area contributed by atoms with E-state index in [4.69, 9.17) is 34.8 Å². The molecule has 2 rings (SSSR count). The van der Waals surface area contributed by atoms with Gasteiger partial charge >= 0.3 is 0 Å². The average Bonchev–Trinajstić information content (AvgIpc) is 2.41. The second kappa shape index (κ2) is 6.78. The topological polar surface area (TPSA) is 15.3 Å². The fraction of sp³-hybridized carbons (Fsp3) is 0.250. The molecule has 21 heavy (non-hydrogen) atoms. The van der Waals surface area contributed by atoms with Gasteiger partial charge in [0.15, 0.2) is 0 Å². The van der Waals surface area contributed by atoms with Crippen molar-refractivity contribution in [2.75, 3.05) is 24.3 Å². The van der Waals surface area contributed by atoms with Crippen LogP contribution >= 0.6 is 34.8 Å². The summed E-state index contributed by atoms with van der Waals surface area (Å²) in [4.78, 5) is 1.98. The number of halogens is 3. The van der Waals surface area contributed by atoms with E-state index in [0.29, 0.717) is 15.1 Å². The van der Waals surface area contributed by atoms with E-state index in [1.165, 1.54) is 0 Å². The van der Waals surface area contributed by atoms with Gasteiger partial charge in [0.05, 0.1) is 22.4 Å². The summed E-state index contributed by atoms with van der Waals surface area (Å²) in [6, 6.07) is 11.3. The largest absolute Gasteiger partial charge is 0.377 e. The average molecular weight is 344 g/mol. The molecule has 2 nitrogen and oxygen atoms in total. The summed E-state index contributed by atoms with van der Waals surface area (Å²) in [6.45, 7) is 2.04. The Hall–Kier alpha value is -1.09. The minimum Gasteiger partial charge on any atom is -0.377 e. The van der Waals surface area contributed by atoms with Crippen LogP contribution in [0.2, 0.25) is 15.1 Å². The van der Waals surface area contributed by atoms with E-state index < -0.39 is 0 Å². The summed E-state index contributed by atoms with van der Waals surface area (Å²) < 4.78 is 0. The van der Waals surface area contributed by atoms with Crippen LogP contribution in [0, 0.1) is 0 Å². The molecule has 0 radical (unpaired) electrons. The SMILES string of the molecule is CC(Nc1cccc(Cl)c1N(C)C)c1cc(Cl)ccc1Cl. The van der Waals surface area contributed by atoms with Gasteiger partial charge in [0.25, 0.3) is 0 Å². The second-order valence-electron chi connectivity index (χ2n) is 5.06. The Morgan fingerprint density at radius 3 is 2.38 bits per heavy atom. The molecule has 1 N–H and O–H groups in total. The molecule has 2 aromatic rings. The molecule has 1 atom stereocenters. The van der Waals surface area contributed by atoms with E-state index in [2.05, 4.69) is 5.32 Å². The van der Waals surface area contributed by atoms with E-state index >= 15 is 0 Å². The van der Waals surface area contributed by atoms with Crippen molar-refractivity contribution in [1.82, 2.24) is 0 Å². The number of para-hydroxylation sites is 1. The molecule has 112 valence electrons. The van der Waals surface area contributed by atoms with Gasteiger partial charge in [-0.1, -0.05) is 40.9 Å². The maximum atomic E-state index is 6.28. The van der Waals surface area contributed by atoms with Crippen LogP contribution in [-0.4, -0.2) is 14.1 Å². The van der Waals surface area contributed by atoms with Crippen LogP contribution in [-0.2, 0) is 0 Å². The molecule has 0 aromatic heterocycles. The normalized spacial score (nSPS) is 12.1. The molecule has 0 amide bonds. The van der Waals surface area contributed by atoms with E-state index in [-0.39, 0.29) is 6.04 Å². The minimum absolute atomic E-state index is 0.00775. The lowest BCUT2D eigenvalue weighted by Crippen LogP contribution is -2.14. The van der Waals surface area contributed by atoms with Crippen molar-refractivity contribution >= 4 is 46.2 Å². The molecule has 0 aliphatic carbocycles. The predicted octanol–water partition coefficient (Wildman–Crippen LogP) is 5.89. The lowest BCUT2D eigenvalue weighted by atomic mass is 10.1. The highest BCUT2D eigenvalue weighted by Gasteiger charge is 2.14. The Kier molecular flexibility index (Phi) is 5.26. The van der Waals surface area contributed by atoms with Crippen molar-refractivity contribution in [3.8, 4) is 0 Å². The second-order valence-corrected chi connectivity index (χ2v) is 6.31. The van der Waals surface area contributed by atoms with E-state index in [1.807, 2.05) is 56.3 Å². The summed E-state index contributed by atoms with van der Waals surface area (Å²) >= 11 is 18.6. The van der Waals surface area contributed by atoms with Crippen LogP contribution in [0.1, 0.15) is 18.5 Å². The Balaban J connectivity index is 2.34. The molecule has 0 saturated heterocycles. The van der Waals surface area contributed by atoms with Crippen LogP contribution in [0.5, 0.6) is 0 Å². The van der Waals surface area contributed by atoms with Gasteiger partial charge in [0.1, 0.15) is 0 Å². The third kappa shape index (κ3) is 3.76. The molecule has 0 bridgehead atoms. The summed E-state index contributed by atoms with van der Waals surface area (Å²) in [5, 5.41) is 5.51. The third-order valence-corrected chi connectivity index (χ3v) is 4.11. The monoisotopic (exact) mass is 342 g/mol. The smallest absolute Gasteiger partial charge is 0.0786 e. The fourth-order valence-electron chi connectivity index (χ4n) is 2.24.